The van der Waals surface area contributed by atoms with E-state index >= 15 is 0 Å². The Morgan fingerprint density at radius 1 is 1.00 bits per heavy atom. The first kappa shape index (κ1) is 26.1. The van der Waals surface area contributed by atoms with Crippen molar-refractivity contribution in [3.63, 3.8) is 0 Å². The molecule has 0 spiro atoms. The summed E-state index contributed by atoms with van der Waals surface area (Å²) in [6.45, 7) is 14.6. The summed E-state index contributed by atoms with van der Waals surface area (Å²) in [6, 6.07) is 1.13. The topological polar surface area (TPSA) is 52.1 Å². The van der Waals surface area contributed by atoms with Crippen LogP contribution in [0.15, 0.2) is 4.99 Å². The molecule has 0 heterocycles. The molecule has 0 aromatic rings. The summed E-state index contributed by atoms with van der Waals surface area (Å²) in [5.41, 5.74) is 0. The molecule has 0 amide bonds. The molecule has 0 saturated carbocycles. The fraction of sp³-hybridized carbons (Fsp3) is 0.941. The van der Waals surface area contributed by atoms with E-state index in [9.17, 15) is 0 Å². The number of hydrogen-bond donors (Lipinski definition) is 2. The zero-order valence-electron chi connectivity index (χ0n) is 16.8. The third-order valence-electron chi connectivity index (χ3n) is 3.90. The predicted molar refractivity (Wildman–Crippen MR) is 116 cm³/mol. The Kier molecular flexibility index (Phi) is 17.8. The summed E-state index contributed by atoms with van der Waals surface area (Å²) >= 11 is 0. The monoisotopic (exact) mass is 457 g/mol. The number of guanidine groups is 1. The molecule has 0 unspecified atom stereocenters. The third-order valence-corrected chi connectivity index (χ3v) is 3.90. The second-order valence-electron chi connectivity index (χ2n) is 6.50. The van der Waals surface area contributed by atoms with Gasteiger partial charge in [-0.1, -0.05) is 0 Å². The van der Waals surface area contributed by atoms with Crippen LogP contribution in [0.4, 0.5) is 0 Å². The molecule has 24 heavy (non-hydrogen) atoms. The van der Waals surface area contributed by atoms with E-state index in [0.717, 1.165) is 51.7 Å². The van der Waals surface area contributed by atoms with Gasteiger partial charge in [-0.3, -0.25) is 9.89 Å². The minimum Gasteiger partial charge on any atom is -0.383 e. The summed E-state index contributed by atoms with van der Waals surface area (Å²) in [7, 11) is 5.69. The molecule has 0 fully saturated rings. The van der Waals surface area contributed by atoms with Crippen molar-refractivity contribution in [2.45, 2.75) is 46.2 Å². The molecular weight excluding hydrogens is 417 g/mol. The van der Waals surface area contributed by atoms with E-state index in [1.165, 1.54) is 0 Å². The van der Waals surface area contributed by atoms with Crippen LogP contribution in [-0.4, -0.2) is 88.4 Å². The molecule has 0 aliphatic carbocycles. The minimum absolute atomic E-state index is 0. The summed E-state index contributed by atoms with van der Waals surface area (Å²) in [5.74, 6) is 0.886. The number of methoxy groups -OCH3 is 1. The van der Waals surface area contributed by atoms with Crippen molar-refractivity contribution in [1.82, 2.24) is 20.4 Å². The number of hydrogen-bond acceptors (Lipinski definition) is 4. The third kappa shape index (κ3) is 13.2. The molecule has 0 aromatic heterocycles. The second-order valence-corrected chi connectivity index (χ2v) is 6.50. The van der Waals surface area contributed by atoms with Crippen molar-refractivity contribution in [3.8, 4) is 0 Å². The molecule has 0 aromatic carbocycles. The second kappa shape index (κ2) is 16.4. The lowest BCUT2D eigenvalue weighted by molar-refractivity contribution is 0.161. The standard InChI is InChI=1S/C17H39N5O.HI/c1-15(2)22(16(3)4)12-10-20-17(18-5)19-9-8-11-21(6)13-14-23-7;/h15-16H,8-14H2,1-7H3,(H2,18,19,20);1H. The van der Waals surface area contributed by atoms with Crippen LogP contribution >= 0.6 is 24.0 Å². The first-order chi connectivity index (χ1) is 10.9. The van der Waals surface area contributed by atoms with Crippen LogP contribution in [0.25, 0.3) is 0 Å². The van der Waals surface area contributed by atoms with E-state index in [1.807, 2.05) is 7.05 Å². The van der Waals surface area contributed by atoms with Crippen LogP contribution in [0, 0.1) is 0 Å². The zero-order chi connectivity index (χ0) is 17.7. The molecule has 2 N–H and O–H groups in total. The molecule has 0 rings (SSSR count). The predicted octanol–water partition coefficient (Wildman–Crippen LogP) is 1.86. The number of halogens is 1. The molecular formula is C17H40IN5O. The summed E-state index contributed by atoms with van der Waals surface area (Å²) in [6.07, 6.45) is 1.09. The lowest BCUT2D eigenvalue weighted by atomic mass is 10.2. The highest BCUT2D eigenvalue weighted by Crippen LogP contribution is 2.03. The minimum atomic E-state index is 0. The first-order valence-electron chi connectivity index (χ1n) is 8.80. The molecule has 0 saturated heterocycles. The zero-order valence-corrected chi connectivity index (χ0v) is 19.1. The fourth-order valence-electron chi connectivity index (χ4n) is 2.55. The van der Waals surface area contributed by atoms with Crippen LogP contribution in [0.1, 0.15) is 34.1 Å². The van der Waals surface area contributed by atoms with E-state index in [1.54, 1.807) is 7.11 Å². The van der Waals surface area contributed by atoms with Crippen LogP contribution in [0.5, 0.6) is 0 Å². The summed E-state index contributed by atoms with van der Waals surface area (Å²) in [4.78, 5) is 9.04. The van der Waals surface area contributed by atoms with Gasteiger partial charge in [0.1, 0.15) is 0 Å². The SMILES string of the molecule is CN=C(NCCCN(C)CCOC)NCCN(C(C)C)C(C)C.I. The number of rotatable bonds is 12. The summed E-state index contributed by atoms with van der Waals surface area (Å²) < 4.78 is 5.08. The van der Waals surface area contributed by atoms with Gasteiger partial charge in [-0.2, -0.15) is 0 Å². The fourth-order valence-corrected chi connectivity index (χ4v) is 2.55. The van der Waals surface area contributed by atoms with Gasteiger partial charge in [-0.25, -0.2) is 0 Å². The maximum Gasteiger partial charge on any atom is 0.191 e. The van der Waals surface area contributed by atoms with E-state index in [2.05, 4.69) is 60.2 Å². The molecule has 7 heteroatoms. The van der Waals surface area contributed by atoms with Crippen molar-refractivity contribution >= 4 is 29.9 Å². The van der Waals surface area contributed by atoms with E-state index in [4.69, 9.17) is 4.74 Å². The smallest absolute Gasteiger partial charge is 0.191 e. The molecule has 0 aliphatic heterocycles. The van der Waals surface area contributed by atoms with Gasteiger partial charge < -0.3 is 20.3 Å². The molecule has 0 aliphatic rings. The average Bonchev–Trinajstić information content (AvgIpc) is 2.50. The normalized spacial score (nSPS) is 12.2. The Morgan fingerprint density at radius 2 is 1.58 bits per heavy atom. The average molecular weight is 457 g/mol. The Hall–Kier alpha value is -0.120. The van der Waals surface area contributed by atoms with Crippen LogP contribution in [-0.2, 0) is 4.74 Å². The molecule has 0 bridgehead atoms. The number of nitrogens with one attached hydrogen (secondary N) is 2. The molecule has 6 nitrogen and oxygen atoms in total. The highest BCUT2D eigenvalue weighted by Gasteiger charge is 2.12. The number of nitrogens with zero attached hydrogens (tertiary/aromatic N) is 3. The Morgan fingerprint density at radius 3 is 2.08 bits per heavy atom. The largest absolute Gasteiger partial charge is 0.383 e. The van der Waals surface area contributed by atoms with Gasteiger partial charge in [-0.15, -0.1) is 24.0 Å². The number of likely N-dealkylation sites (N-methyl/N-ethyl adjacent to an activating group) is 1. The Labute approximate surface area is 166 Å². The maximum absolute atomic E-state index is 5.08. The van der Waals surface area contributed by atoms with Crippen molar-refractivity contribution in [2.24, 2.45) is 4.99 Å². The van der Waals surface area contributed by atoms with E-state index in [0.29, 0.717) is 12.1 Å². The van der Waals surface area contributed by atoms with Crippen molar-refractivity contribution in [1.29, 1.82) is 0 Å². The maximum atomic E-state index is 5.08. The molecule has 146 valence electrons. The number of aliphatic imine (C=N–C) groups is 1. The highest BCUT2D eigenvalue weighted by atomic mass is 127. The van der Waals surface area contributed by atoms with Crippen molar-refractivity contribution in [3.05, 3.63) is 0 Å². The van der Waals surface area contributed by atoms with Gasteiger partial charge in [0, 0.05) is 52.4 Å². The van der Waals surface area contributed by atoms with Gasteiger partial charge in [0.05, 0.1) is 6.61 Å². The van der Waals surface area contributed by atoms with Crippen LogP contribution < -0.4 is 10.6 Å². The van der Waals surface area contributed by atoms with Gasteiger partial charge in [0.25, 0.3) is 0 Å². The van der Waals surface area contributed by atoms with Crippen molar-refractivity contribution < 1.29 is 4.74 Å². The van der Waals surface area contributed by atoms with Crippen molar-refractivity contribution in [2.75, 3.05) is 60.5 Å². The van der Waals surface area contributed by atoms with Gasteiger partial charge in [0.15, 0.2) is 5.96 Å². The molecule has 0 radical (unpaired) electrons. The van der Waals surface area contributed by atoms with Gasteiger partial charge >= 0.3 is 0 Å². The summed E-state index contributed by atoms with van der Waals surface area (Å²) in [5, 5.41) is 6.77. The van der Waals surface area contributed by atoms with Crippen LogP contribution in [0.3, 0.4) is 0 Å². The lowest BCUT2D eigenvalue weighted by Crippen LogP contribution is -2.45. The molecule has 0 atom stereocenters. The van der Waals surface area contributed by atoms with Crippen LogP contribution in [0.2, 0.25) is 0 Å². The quantitative estimate of drug-likeness (QED) is 0.203. The Balaban J connectivity index is 0. The first-order valence-corrected chi connectivity index (χ1v) is 8.80. The lowest BCUT2D eigenvalue weighted by Gasteiger charge is -2.30. The highest BCUT2D eigenvalue weighted by molar-refractivity contribution is 14.0. The van der Waals surface area contributed by atoms with E-state index < -0.39 is 0 Å². The van der Waals surface area contributed by atoms with E-state index in [-0.39, 0.29) is 24.0 Å². The Bertz CT molecular complexity index is 305. The number of ether oxygens (including phenoxy) is 1. The van der Waals surface area contributed by atoms with Gasteiger partial charge in [-0.05, 0) is 47.7 Å². The van der Waals surface area contributed by atoms with Gasteiger partial charge in [0.2, 0.25) is 0 Å².